The minimum Gasteiger partial charge on any atom is -0.286 e. The molecule has 0 aromatic carbocycles. The Balaban J connectivity index is 2.93. The van der Waals surface area contributed by atoms with Gasteiger partial charge in [-0.3, -0.25) is 9.80 Å². The van der Waals surface area contributed by atoms with Crippen LogP contribution >= 0.6 is 0 Å². The maximum Gasteiger partial charge on any atom is 0.153 e. The molecule has 0 aromatic rings. The molecule has 0 fully saturated rings. The molecular formula is C14H27N5. The smallest absolute Gasteiger partial charge is 0.153 e. The van der Waals surface area contributed by atoms with Crippen molar-refractivity contribution in [1.82, 2.24) is 9.80 Å². The highest BCUT2D eigenvalue weighted by atomic mass is 15.5. The van der Waals surface area contributed by atoms with Gasteiger partial charge in [0.05, 0.1) is 12.2 Å². The zero-order chi connectivity index (χ0) is 14.5. The zero-order valence-corrected chi connectivity index (χ0v) is 12.9. The van der Waals surface area contributed by atoms with Crippen molar-refractivity contribution in [1.29, 1.82) is 5.26 Å². The Labute approximate surface area is 117 Å². The summed E-state index contributed by atoms with van der Waals surface area (Å²) in [5.41, 5.74) is -0.183. The van der Waals surface area contributed by atoms with Crippen LogP contribution in [0.5, 0.6) is 0 Å². The lowest BCUT2D eigenvalue weighted by molar-refractivity contribution is -0.0520. The van der Waals surface area contributed by atoms with Crippen LogP contribution in [0.15, 0.2) is 10.2 Å². The summed E-state index contributed by atoms with van der Waals surface area (Å²) in [5, 5.41) is 17.3. The summed E-state index contributed by atoms with van der Waals surface area (Å²) in [6.45, 7) is 13.6. The quantitative estimate of drug-likeness (QED) is 0.634. The van der Waals surface area contributed by atoms with Gasteiger partial charge in [0.15, 0.2) is 5.66 Å². The predicted molar refractivity (Wildman–Crippen MR) is 76.7 cm³/mol. The molecule has 2 unspecified atom stereocenters. The van der Waals surface area contributed by atoms with Crippen molar-refractivity contribution in [3.05, 3.63) is 0 Å². The summed E-state index contributed by atoms with van der Waals surface area (Å²) in [7, 11) is 0. The lowest BCUT2D eigenvalue weighted by Crippen LogP contribution is -2.61. The van der Waals surface area contributed by atoms with Gasteiger partial charge in [0, 0.05) is 12.5 Å². The van der Waals surface area contributed by atoms with Crippen LogP contribution in [0, 0.1) is 11.3 Å². The first-order valence-electron chi connectivity index (χ1n) is 7.28. The van der Waals surface area contributed by atoms with Gasteiger partial charge < -0.3 is 0 Å². The minimum atomic E-state index is -0.183. The van der Waals surface area contributed by atoms with E-state index in [9.17, 15) is 0 Å². The number of hydrogen-bond acceptors (Lipinski definition) is 5. The predicted octanol–water partition coefficient (Wildman–Crippen LogP) is 2.85. The van der Waals surface area contributed by atoms with Gasteiger partial charge in [-0.05, 0) is 40.3 Å². The van der Waals surface area contributed by atoms with Crippen LogP contribution in [0.2, 0.25) is 0 Å². The Morgan fingerprint density at radius 1 is 1.32 bits per heavy atom. The third-order valence-corrected chi connectivity index (χ3v) is 3.90. The molecule has 1 heterocycles. The zero-order valence-electron chi connectivity index (χ0n) is 12.9. The number of nitriles is 1. The van der Waals surface area contributed by atoms with Gasteiger partial charge in [-0.25, -0.2) is 0 Å². The number of azo groups is 1. The molecule has 1 rings (SSSR count). The topological polar surface area (TPSA) is 55.0 Å². The SMILES string of the molecule is CCN(C(C)C)C(CCC#N)N(CC)C1(C)CN=N1. The molecule has 19 heavy (non-hydrogen) atoms. The summed E-state index contributed by atoms with van der Waals surface area (Å²) in [6.07, 6.45) is 1.71. The number of hydrogen-bond donors (Lipinski definition) is 0. The van der Waals surface area contributed by atoms with Crippen molar-refractivity contribution in [2.24, 2.45) is 10.2 Å². The monoisotopic (exact) mass is 265 g/mol. The Kier molecular flexibility index (Phi) is 5.89. The molecule has 1 aliphatic rings. The van der Waals surface area contributed by atoms with Gasteiger partial charge in [0.2, 0.25) is 0 Å². The Morgan fingerprint density at radius 2 is 1.95 bits per heavy atom. The van der Waals surface area contributed by atoms with E-state index < -0.39 is 0 Å². The molecule has 0 aliphatic carbocycles. The normalized spacial score (nSPS) is 23.7. The average molecular weight is 265 g/mol. The molecule has 5 nitrogen and oxygen atoms in total. The second-order valence-corrected chi connectivity index (χ2v) is 5.50. The first-order valence-corrected chi connectivity index (χ1v) is 7.28. The van der Waals surface area contributed by atoms with Crippen LogP contribution in [0.4, 0.5) is 0 Å². The number of likely N-dealkylation sites (N-methyl/N-ethyl adjacent to an activating group) is 1. The Bertz CT molecular complexity index is 346. The fourth-order valence-electron chi connectivity index (χ4n) is 2.91. The average Bonchev–Trinajstić information content (AvgIpc) is 2.34. The van der Waals surface area contributed by atoms with Crippen molar-refractivity contribution in [2.45, 2.75) is 65.3 Å². The molecule has 0 spiro atoms. The summed E-state index contributed by atoms with van der Waals surface area (Å²) >= 11 is 0. The van der Waals surface area contributed by atoms with Crippen molar-refractivity contribution >= 4 is 0 Å². The first-order chi connectivity index (χ1) is 9.00. The van der Waals surface area contributed by atoms with E-state index in [-0.39, 0.29) is 11.8 Å². The molecule has 5 heteroatoms. The fraction of sp³-hybridized carbons (Fsp3) is 0.929. The van der Waals surface area contributed by atoms with Crippen LogP contribution in [0.3, 0.4) is 0 Å². The summed E-state index contributed by atoms with van der Waals surface area (Å²) in [4.78, 5) is 4.83. The highest BCUT2D eigenvalue weighted by molar-refractivity contribution is 4.94. The molecule has 0 bridgehead atoms. The maximum absolute atomic E-state index is 8.91. The van der Waals surface area contributed by atoms with Crippen LogP contribution in [0.25, 0.3) is 0 Å². The Hall–Kier alpha value is -0.990. The van der Waals surface area contributed by atoms with Crippen LogP contribution in [-0.2, 0) is 0 Å². The van der Waals surface area contributed by atoms with Crippen LogP contribution in [0.1, 0.15) is 47.5 Å². The highest BCUT2D eigenvalue weighted by Gasteiger charge is 2.41. The van der Waals surface area contributed by atoms with E-state index >= 15 is 0 Å². The van der Waals surface area contributed by atoms with E-state index in [0.717, 1.165) is 26.1 Å². The third kappa shape index (κ3) is 3.52. The first kappa shape index (κ1) is 16.1. The summed E-state index contributed by atoms with van der Waals surface area (Å²) in [6, 6.07) is 2.74. The molecule has 2 atom stereocenters. The fourth-order valence-corrected chi connectivity index (χ4v) is 2.91. The van der Waals surface area contributed by atoms with Crippen LogP contribution in [-0.4, -0.2) is 47.3 Å². The van der Waals surface area contributed by atoms with Crippen LogP contribution < -0.4 is 0 Å². The molecule has 108 valence electrons. The van der Waals surface area contributed by atoms with Crippen molar-refractivity contribution in [3.63, 3.8) is 0 Å². The van der Waals surface area contributed by atoms with Crippen molar-refractivity contribution in [3.8, 4) is 6.07 Å². The van der Waals surface area contributed by atoms with E-state index in [1.807, 2.05) is 0 Å². The van der Waals surface area contributed by atoms with Crippen molar-refractivity contribution < 1.29 is 0 Å². The highest BCUT2D eigenvalue weighted by Crippen LogP contribution is 2.30. The van der Waals surface area contributed by atoms with E-state index in [2.05, 4.69) is 60.7 Å². The van der Waals surface area contributed by atoms with Gasteiger partial charge in [-0.2, -0.15) is 15.5 Å². The molecule has 0 N–H and O–H groups in total. The van der Waals surface area contributed by atoms with Gasteiger partial charge in [0.1, 0.15) is 6.54 Å². The number of nitrogens with zero attached hydrogens (tertiary/aromatic N) is 5. The van der Waals surface area contributed by atoms with E-state index in [1.165, 1.54) is 0 Å². The van der Waals surface area contributed by atoms with E-state index in [1.54, 1.807) is 0 Å². The number of rotatable bonds is 8. The summed E-state index contributed by atoms with van der Waals surface area (Å²) in [5.74, 6) is 0. The van der Waals surface area contributed by atoms with E-state index in [4.69, 9.17) is 5.26 Å². The maximum atomic E-state index is 8.91. The Morgan fingerprint density at radius 3 is 2.26 bits per heavy atom. The van der Waals surface area contributed by atoms with Gasteiger partial charge in [-0.1, -0.05) is 13.8 Å². The second kappa shape index (κ2) is 6.97. The third-order valence-electron chi connectivity index (χ3n) is 3.90. The lowest BCUT2D eigenvalue weighted by Gasteiger charge is -2.49. The molecule has 0 aromatic heterocycles. The van der Waals surface area contributed by atoms with Crippen molar-refractivity contribution in [2.75, 3.05) is 19.6 Å². The van der Waals surface area contributed by atoms with Gasteiger partial charge >= 0.3 is 0 Å². The molecular weight excluding hydrogens is 238 g/mol. The molecule has 0 amide bonds. The largest absolute Gasteiger partial charge is 0.286 e. The van der Waals surface area contributed by atoms with Gasteiger partial charge in [0.25, 0.3) is 0 Å². The molecule has 1 aliphatic heterocycles. The van der Waals surface area contributed by atoms with E-state index in [0.29, 0.717) is 12.5 Å². The second-order valence-electron chi connectivity index (χ2n) is 5.50. The molecule has 0 saturated carbocycles. The molecule has 0 saturated heterocycles. The van der Waals surface area contributed by atoms with Gasteiger partial charge in [-0.15, -0.1) is 0 Å². The minimum absolute atomic E-state index is 0.183. The lowest BCUT2D eigenvalue weighted by atomic mass is 10.1. The molecule has 0 radical (unpaired) electrons. The standard InChI is InChI=1S/C14H27N5/c1-6-18(12(3)4)13(9-8-10-15)19(7-2)14(5)11-16-17-14/h12-13H,6-9,11H2,1-5H3. The summed E-state index contributed by atoms with van der Waals surface area (Å²) < 4.78 is 0.